The zero-order chi connectivity index (χ0) is 11.4. The van der Waals surface area contributed by atoms with Crippen LogP contribution in [0.25, 0.3) is 0 Å². The normalized spacial score (nSPS) is 12.5. The SMILES string of the molecule is CC(CO)COc1c(Cl)cc(N)cc1Cl. The van der Waals surface area contributed by atoms with E-state index in [1.165, 1.54) is 0 Å². The first-order chi connectivity index (χ1) is 7.04. The highest BCUT2D eigenvalue weighted by atomic mass is 35.5. The number of anilines is 1. The Kier molecular flexibility index (Phi) is 4.51. The summed E-state index contributed by atoms with van der Waals surface area (Å²) in [6.07, 6.45) is 0. The summed E-state index contributed by atoms with van der Waals surface area (Å²) in [6.45, 7) is 2.28. The van der Waals surface area contributed by atoms with Crippen LogP contribution in [-0.2, 0) is 0 Å². The molecule has 1 unspecified atom stereocenters. The van der Waals surface area contributed by atoms with E-state index in [9.17, 15) is 0 Å². The predicted octanol–water partition coefficient (Wildman–Crippen LogP) is 2.58. The van der Waals surface area contributed by atoms with Crippen LogP contribution in [0.5, 0.6) is 5.75 Å². The highest BCUT2D eigenvalue weighted by Gasteiger charge is 2.10. The highest BCUT2D eigenvalue weighted by molar-refractivity contribution is 6.37. The Balaban J connectivity index is 2.77. The van der Waals surface area contributed by atoms with Gasteiger partial charge in [-0.3, -0.25) is 0 Å². The van der Waals surface area contributed by atoms with Gasteiger partial charge in [0.25, 0.3) is 0 Å². The van der Waals surface area contributed by atoms with Gasteiger partial charge < -0.3 is 15.6 Å². The van der Waals surface area contributed by atoms with Crippen molar-refractivity contribution < 1.29 is 9.84 Å². The molecule has 5 heteroatoms. The number of benzene rings is 1. The van der Waals surface area contributed by atoms with E-state index in [1.807, 2.05) is 6.92 Å². The summed E-state index contributed by atoms with van der Waals surface area (Å²) in [4.78, 5) is 0. The minimum atomic E-state index is 0.0367. The molecule has 3 N–H and O–H groups in total. The minimum Gasteiger partial charge on any atom is -0.490 e. The largest absolute Gasteiger partial charge is 0.490 e. The molecule has 0 aliphatic heterocycles. The Morgan fingerprint density at radius 1 is 1.40 bits per heavy atom. The molecule has 0 heterocycles. The van der Waals surface area contributed by atoms with Gasteiger partial charge in [-0.05, 0) is 12.1 Å². The third kappa shape index (κ3) is 3.45. The van der Waals surface area contributed by atoms with E-state index in [2.05, 4.69) is 0 Å². The molecule has 1 atom stereocenters. The predicted molar refractivity (Wildman–Crippen MR) is 62.6 cm³/mol. The highest BCUT2D eigenvalue weighted by Crippen LogP contribution is 2.35. The fraction of sp³-hybridized carbons (Fsp3) is 0.400. The quantitative estimate of drug-likeness (QED) is 0.807. The number of rotatable bonds is 4. The molecule has 84 valence electrons. The summed E-state index contributed by atoms with van der Waals surface area (Å²) in [5.41, 5.74) is 6.04. The van der Waals surface area contributed by atoms with Gasteiger partial charge in [0.2, 0.25) is 0 Å². The van der Waals surface area contributed by atoms with Crippen LogP contribution in [0.3, 0.4) is 0 Å². The third-order valence-electron chi connectivity index (χ3n) is 1.84. The Labute approximate surface area is 98.7 Å². The minimum absolute atomic E-state index is 0.0367. The van der Waals surface area contributed by atoms with E-state index in [4.69, 9.17) is 38.8 Å². The van der Waals surface area contributed by atoms with Gasteiger partial charge in [-0.15, -0.1) is 0 Å². The van der Waals surface area contributed by atoms with E-state index in [0.29, 0.717) is 28.1 Å². The summed E-state index contributed by atoms with van der Waals surface area (Å²) >= 11 is 11.8. The second-order valence-electron chi connectivity index (χ2n) is 3.41. The molecule has 0 spiro atoms. The lowest BCUT2D eigenvalue weighted by atomic mass is 10.2. The van der Waals surface area contributed by atoms with Crippen molar-refractivity contribution in [3.63, 3.8) is 0 Å². The zero-order valence-electron chi connectivity index (χ0n) is 8.34. The molecule has 0 radical (unpaired) electrons. The lowest BCUT2D eigenvalue weighted by Crippen LogP contribution is -2.12. The van der Waals surface area contributed by atoms with Crippen LogP contribution in [0.1, 0.15) is 6.92 Å². The maximum absolute atomic E-state index is 8.83. The molecule has 0 aromatic heterocycles. The first-order valence-corrected chi connectivity index (χ1v) is 5.28. The number of ether oxygens (including phenoxy) is 1. The van der Waals surface area contributed by atoms with E-state index < -0.39 is 0 Å². The molecule has 0 bridgehead atoms. The molecule has 0 saturated heterocycles. The topological polar surface area (TPSA) is 55.5 Å². The smallest absolute Gasteiger partial charge is 0.156 e. The van der Waals surface area contributed by atoms with Crippen LogP contribution in [0.15, 0.2) is 12.1 Å². The summed E-state index contributed by atoms with van der Waals surface area (Å²) in [6, 6.07) is 3.15. The van der Waals surface area contributed by atoms with Crippen LogP contribution in [0, 0.1) is 5.92 Å². The fourth-order valence-corrected chi connectivity index (χ4v) is 1.61. The molecule has 0 aliphatic carbocycles. The van der Waals surface area contributed by atoms with Crippen molar-refractivity contribution in [3.8, 4) is 5.75 Å². The van der Waals surface area contributed by atoms with Crippen LogP contribution in [0.2, 0.25) is 10.0 Å². The molecular weight excluding hydrogens is 237 g/mol. The standard InChI is InChI=1S/C10H13Cl2NO2/c1-6(4-14)5-15-10-8(11)2-7(13)3-9(10)12/h2-3,6,14H,4-5,13H2,1H3. The number of hydrogen-bond acceptors (Lipinski definition) is 3. The number of nitrogen functional groups attached to an aromatic ring is 1. The third-order valence-corrected chi connectivity index (χ3v) is 2.41. The Bertz CT molecular complexity index is 321. The molecular formula is C10H13Cl2NO2. The van der Waals surface area contributed by atoms with Gasteiger partial charge in [0.05, 0.1) is 16.7 Å². The molecule has 0 aliphatic rings. The monoisotopic (exact) mass is 249 g/mol. The number of aliphatic hydroxyl groups is 1. The molecule has 15 heavy (non-hydrogen) atoms. The van der Waals surface area contributed by atoms with E-state index >= 15 is 0 Å². The average molecular weight is 250 g/mol. The van der Waals surface area contributed by atoms with E-state index in [-0.39, 0.29) is 12.5 Å². The van der Waals surface area contributed by atoms with Crippen LogP contribution in [0.4, 0.5) is 5.69 Å². The van der Waals surface area contributed by atoms with Crippen molar-refractivity contribution in [2.75, 3.05) is 18.9 Å². The lowest BCUT2D eigenvalue weighted by Gasteiger charge is -2.13. The average Bonchev–Trinajstić information content (AvgIpc) is 2.15. The van der Waals surface area contributed by atoms with Crippen molar-refractivity contribution in [1.29, 1.82) is 0 Å². The van der Waals surface area contributed by atoms with Gasteiger partial charge in [0.1, 0.15) is 0 Å². The number of hydrogen-bond donors (Lipinski definition) is 2. The maximum atomic E-state index is 8.83. The van der Waals surface area contributed by atoms with Gasteiger partial charge >= 0.3 is 0 Å². The first kappa shape index (κ1) is 12.4. The molecule has 1 aromatic rings. The first-order valence-electron chi connectivity index (χ1n) is 4.52. The van der Waals surface area contributed by atoms with Crippen molar-refractivity contribution in [1.82, 2.24) is 0 Å². The second kappa shape index (κ2) is 5.45. The van der Waals surface area contributed by atoms with Crippen molar-refractivity contribution in [2.45, 2.75) is 6.92 Å². The Morgan fingerprint density at radius 3 is 2.40 bits per heavy atom. The maximum Gasteiger partial charge on any atom is 0.156 e. The summed E-state index contributed by atoms with van der Waals surface area (Å²) in [5, 5.41) is 9.59. The Morgan fingerprint density at radius 2 is 1.93 bits per heavy atom. The van der Waals surface area contributed by atoms with Crippen LogP contribution >= 0.6 is 23.2 Å². The lowest BCUT2D eigenvalue weighted by molar-refractivity contribution is 0.174. The molecule has 1 aromatic carbocycles. The summed E-state index contributed by atoms with van der Waals surface area (Å²) in [5.74, 6) is 0.447. The molecule has 0 saturated carbocycles. The van der Waals surface area contributed by atoms with Crippen molar-refractivity contribution >= 4 is 28.9 Å². The van der Waals surface area contributed by atoms with E-state index in [0.717, 1.165) is 0 Å². The molecule has 0 amide bonds. The van der Waals surface area contributed by atoms with Gasteiger partial charge in [0, 0.05) is 18.2 Å². The summed E-state index contributed by atoms with van der Waals surface area (Å²) < 4.78 is 5.40. The second-order valence-corrected chi connectivity index (χ2v) is 4.23. The molecule has 1 rings (SSSR count). The Hall–Kier alpha value is -0.640. The van der Waals surface area contributed by atoms with Gasteiger partial charge in [-0.2, -0.15) is 0 Å². The van der Waals surface area contributed by atoms with Crippen LogP contribution in [-0.4, -0.2) is 18.3 Å². The van der Waals surface area contributed by atoms with E-state index in [1.54, 1.807) is 12.1 Å². The fourth-order valence-electron chi connectivity index (χ4n) is 0.996. The number of nitrogens with two attached hydrogens (primary N) is 1. The van der Waals surface area contributed by atoms with Crippen LogP contribution < -0.4 is 10.5 Å². The molecule has 3 nitrogen and oxygen atoms in total. The molecule has 0 fully saturated rings. The zero-order valence-corrected chi connectivity index (χ0v) is 9.85. The van der Waals surface area contributed by atoms with Gasteiger partial charge in [-0.1, -0.05) is 30.1 Å². The van der Waals surface area contributed by atoms with Gasteiger partial charge in [0.15, 0.2) is 5.75 Å². The van der Waals surface area contributed by atoms with Gasteiger partial charge in [-0.25, -0.2) is 0 Å². The van der Waals surface area contributed by atoms with Crippen molar-refractivity contribution in [3.05, 3.63) is 22.2 Å². The summed E-state index contributed by atoms with van der Waals surface area (Å²) in [7, 11) is 0. The number of halogens is 2. The number of aliphatic hydroxyl groups excluding tert-OH is 1. The van der Waals surface area contributed by atoms with Crippen molar-refractivity contribution in [2.24, 2.45) is 5.92 Å².